The van der Waals surface area contributed by atoms with Gasteiger partial charge in [0.15, 0.2) is 0 Å². The predicted octanol–water partition coefficient (Wildman–Crippen LogP) is 4.32. The molecule has 1 aromatic carbocycles. The molecule has 0 aliphatic heterocycles. The number of carbonyl (C=O) groups excluding carboxylic acids is 1. The molecule has 1 saturated carbocycles. The zero-order valence-corrected chi connectivity index (χ0v) is 15.3. The molecular weight excluding hydrogens is 302 g/mol. The van der Waals surface area contributed by atoms with Gasteiger partial charge in [0.05, 0.1) is 13.7 Å². The van der Waals surface area contributed by atoms with Crippen molar-refractivity contribution < 1.29 is 14.3 Å². The van der Waals surface area contributed by atoms with Gasteiger partial charge >= 0.3 is 0 Å². The number of rotatable bonds is 7. The molecule has 0 bridgehead atoms. The number of nitrogens with one attached hydrogen (secondary N) is 1. The summed E-state index contributed by atoms with van der Waals surface area (Å²) in [4.78, 5) is 12.6. The largest absolute Gasteiger partial charge is 0.496 e. The van der Waals surface area contributed by atoms with Crippen LogP contribution in [0.5, 0.6) is 5.75 Å². The lowest BCUT2D eigenvalue weighted by Gasteiger charge is -2.17. The van der Waals surface area contributed by atoms with E-state index >= 15 is 0 Å². The van der Waals surface area contributed by atoms with Crippen molar-refractivity contribution in [2.75, 3.05) is 13.7 Å². The maximum Gasteiger partial charge on any atom is 0.251 e. The first-order valence-corrected chi connectivity index (χ1v) is 9.15. The van der Waals surface area contributed by atoms with Crippen LogP contribution in [0.3, 0.4) is 0 Å². The Balaban J connectivity index is 2.01. The van der Waals surface area contributed by atoms with Crippen LogP contribution >= 0.6 is 0 Å². The first-order valence-electron chi connectivity index (χ1n) is 9.15. The summed E-state index contributed by atoms with van der Waals surface area (Å²) in [6.07, 6.45) is 7.17. The van der Waals surface area contributed by atoms with Crippen molar-refractivity contribution in [1.82, 2.24) is 5.32 Å². The lowest BCUT2D eigenvalue weighted by molar-refractivity contribution is 0.0925. The molecule has 2 rings (SSSR count). The van der Waals surface area contributed by atoms with Crippen molar-refractivity contribution in [1.29, 1.82) is 0 Å². The van der Waals surface area contributed by atoms with Gasteiger partial charge in [-0.1, -0.05) is 39.5 Å². The van der Waals surface area contributed by atoms with Crippen molar-refractivity contribution in [3.05, 3.63) is 29.3 Å². The zero-order valence-electron chi connectivity index (χ0n) is 15.3. The van der Waals surface area contributed by atoms with Gasteiger partial charge < -0.3 is 14.8 Å². The van der Waals surface area contributed by atoms with E-state index in [1.807, 2.05) is 18.2 Å². The Hall–Kier alpha value is -1.55. The van der Waals surface area contributed by atoms with Crippen molar-refractivity contribution in [2.24, 2.45) is 5.92 Å². The highest BCUT2D eigenvalue weighted by Crippen LogP contribution is 2.22. The van der Waals surface area contributed by atoms with Gasteiger partial charge in [0.1, 0.15) is 5.75 Å². The smallest absolute Gasteiger partial charge is 0.251 e. The van der Waals surface area contributed by atoms with E-state index in [-0.39, 0.29) is 5.91 Å². The van der Waals surface area contributed by atoms with Gasteiger partial charge in [-0.05, 0) is 37.0 Å². The minimum atomic E-state index is 0.00895. The van der Waals surface area contributed by atoms with Gasteiger partial charge in [-0.2, -0.15) is 0 Å². The van der Waals surface area contributed by atoms with Crippen LogP contribution in [-0.4, -0.2) is 25.7 Å². The fraction of sp³-hybridized carbons (Fsp3) is 0.650. The van der Waals surface area contributed by atoms with E-state index in [2.05, 4.69) is 19.2 Å². The molecule has 0 saturated heterocycles. The number of amides is 1. The normalized spacial score (nSPS) is 16.0. The lowest BCUT2D eigenvalue weighted by atomic mass is 10.1. The van der Waals surface area contributed by atoms with Crippen molar-refractivity contribution >= 4 is 5.91 Å². The van der Waals surface area contributed by atoms with E-state index in [9.17, 15) is 4.79 Å². The van der Waals surface area contributed by atoms with Crippen LogP contribution in [0.15, 0.2) is 18.2 Å². The number of hydrogen-bond donors (Lipinski definition) is 1. The Morgan fingerprint density at radius 1 is 1.21 bits per heavy atom. The van der Waals surface area contributed by atoms with Crippen LogP contribution < -0.4 is 10.1 Å². The molecule has 1 fully saturated rings. The second-order valence-corrected chi connectivity index (χ2v) is 7.10. The molecule has 1 aliphatic carbocycles. The number of carbonyl (C=O) groups is 1. The average molecular weight is 333 g/mol. The maximum atomic E-state index is 12.6. The van der Waals surface area contributed by atoms with Gasteiger partial charge in [-0.15, -0.1) is 0 Å². The summed E-state index contributed by atoms with van der Waals surface area (Å²) in [7, 11) is 1.65. The first kappa shape index (κ1) is 18.8. The fourth-order valence-electron chi connectivity index (χ4n) is 3.13. The summed E-state index contributed by atoms with van der Waals surface area (Å²) in [5.41, 5.74) is 1.61. The highest BCUT2D eigenvalue weighted by molar-refractivity contribution is 5.94. The average Bonchev–Trinajstić information content (AvgIpc) is 2.83. The Kier molecular flexibility index (Phi) is 7.57. The summed E-state index contributed by atoms with van der Waals surface area (Å²) in [6, 6.07) is 5.89. The summed E-state index contributed by atoms with van der Waals surface area (Å²) in [6.45, 7) is 5.40. The molecule has 0 aromatic heterocycles. The standard InChI is InChI=1S/C20H31NO3/c1-15(2)13-24-14-17-12-16(10-11-19(17)23-3)20(22)21-18-8-6-4-5-7-9-18/h10-12,15,18H,4-9,13-14H2,1-3H3,(H,21,22). The van der Waals surface area contributed by atoms with Crippen LogP contribution in [0.25, 0.3) is 0 Å². The van der Waals surface area contributed by atoms with Crippen LogP contribution in [-0.2, 0) is 11.3 Å². The van der Waals surface area contributed by atoms with Gasteiger partial charge in [0.2, 0.25) is 0 Å². The quantitative estimate of drug-likeness (QED) is 0.756. The number of hydrogen-bond acceptors (Lipinski definition) is 3. The predicted molar refractivity (Wildman–Crippen MR) is 96.4 cm³/mol. The van der Waals surface area contributed by atoms with Crippen molar-refractivity contribution in [2.45, 2.75) is 65.0 Å². The maximum absolute atomic E-state index is 12.6. The van der Waals surface area contributed by atoms with Crippen LogP contribution in [0.1, 0.15) is 68.3 Å². The van der Waals surface area contributed by atoms with Crippen molar-refractivity contribution in [3.8, 4) is 5.75 Å². The summed E-state index contributed by atoms with van der Waals surface area (Å²) in [5.74, 6) is 1.26. The fourth-order valence-corrected chi connectivity index (χ4v) is 3.13. The molecule has 0 radical (unpaired) electrons. The molecule has 1 aliphatic rings. The van der Waals surface area contributed by atoms with E-state index in [0.717, 1.165) is 24.2 Å². The number of ether oxygens (including phenoxy) is 2. The minimum absolute atomic E-state index is 0.00895. The molecule has 0 spiro atoms. The Bertz CT molecular complexity index is 520. The van der Waals surface area contributed by atoms with Crippen molar-refractivity contribution in [3.63, 3.8) is 0 Å². The molecule has 4 nitrogen and oxygen atoms in total. The zero-order chi connectivity index (χ0) is 17.4. The minimum Gasteiger partial charge on any atom is -0.496 e. The Labute approximate surface area is 145 Å². The third-order valence-corrected chi connectivity index (χ3v) is 4.44. The summed E-state index contributed by atoms with van der Waals surface area (Å²) >= 11 is 0. The Morgan fingerprint density at radius 2 is 1.92 bits per heavy atom. The Morgan fingerprint density at radius 3 is 2.54 bits per heavy atom. The van der Waals surface area contributed by atoms with E-state index in [0.29, 0.717) is 30.7 Å². The van der Waals surface area contributed by atoms with Crippen LogP contribution in [0, 0.1) is 5.92 Å². The summed E-state index contributed by atoms with van der Waals surface area (Å²) < 4.78 is 11.1. The van der Waals surface area contributed by atoms with Crippen LogP contribution in [0.2, 0.25) is 0 Å². The highest BCUT2D eigenvalue weighted by Gasteiger charge is 2.17. The lowest BCUT2D eigenvalue weighted by Crippen LogP contribution is -2.34. The van der Waals surface area contributed by atoms with E-state index < -0.39 is 0 Å². The molecule has 1 amide bonds. The second-order valence-electron chi connectivity index (χ2n) is 7.10. The van der Waals surface area contributed by atoms with E-state index in [4.69, 9.17) is 9.47 Å². The van der Waals surface area contributed by atoms with Gasteiger partial charge in [0.25, 0.3) is 5.91 Å². The molecule has 24 heavy (non-hydrogen) atoms. The van der Waals surface area contributed by atoms with E-state index in [1.54, 1.807) is 7.11 Å². The molecular formula is C20H31NO3. The van der Waals surface area contributed by atoms with Gasteiger partial charge in [-0.25, -0.2) is 0 Å². The SMILES string of the molecule is COc1ccc(C(=O)NC2CCCCCC2)cc1COCC(C)C. The second kappa shape index (κ2) is 9.67. The molecule has 1 aromatic rings. The third-order valence-electron chi connectivity index (χ3n) is 4.44. The van der Waals surface area contributed by atoms with Gasteiger partial charge in [0, 0.05) is 23.8 Å². The van der Waals surface area contributed by atoms with Crippen LogP contribution in [0.4, 0.5) is 0 Å². The van der Waals surface area contributed by atoms with E-state index in [1.165, 1.54) is 25.7 Å². The molecule has 4 heteroatoms. The first-order chi connectivity index (χ1) is 11.6. The molecule has 0 unspecified atom stereocenters. The highest BCUT2D eigenvalue weighted by atomic mass is 16.5. The summed E-state index contributed by atoms with van der Waals surface area (Å²) in [5, 5.41) is 3.19. The molecule has 0 atom stereocenters. The molecule has 0 heterocycles. The molecule has 134 valence electrons. The molecule has 1 N–H and O–H groups in total. The topological polar surface area (TPSA) is 47.6 Å². The third kappa shape index (κ3) is 5.82. The number of methoxy groups -OCH3 is 1. The van der Waals surface area contributed by atoms with Gasteiger partial charge in [-0.3, -0.25) is 4.79 Å². The number of benzene rings is 1. The monoisotopic (exact) mass is 333 g/mol.